The Kier molecular flexibility index (Phi) is 3.79. The van der Waals surface area contributed by atoms with Crippen molar-refractivity contribution >= 4 is 11.8 Å². The molecule has 0 spiro atoms. The maximum atomic E-state index is 10.9. The number of benzene rings is 1. The van der Waals surface area contributed by atoms with Crippen LogP contribution in [0.2, 0.25) is 0 Å². The van der Waals surface area contributed by atoms with Crippen LogP contribution in [0.1, 0.15) is 24.0 Å². The van der Waals surface area contributed by atoms with Crippen molar-refractivity contribution in [3.63, 3.8) is 0 Å². The lowest BCUT2D eigenvalue weighted by Gasteiger charge is -2.07. The molecule has 104 valence electrons. The number of carboxylic acid groups (broad SMARTS) is 1. The van der Waals surface area contributed by atoms with Gasteiger partial charge in [-0.2, -0.15) is 0 Å². The fourth-order valence-electron chi connectivity index (χ4n) is 1.79. The number of nitro groups is 1. The van der Waals surface area contributed by atoms with Gasteiger partial charge < -0.3 is 19.8 Å². The highest BCUT2D eigenvalue weighted by atomic mass is 16.6. The van der Waals surface area contributed by atoms with Crippen molar-refractivity contribution in [1.82, 2.24) is 9.55 Å². The highest BCUT2D eigenvalue weighted by molar-refractivity contribution is 5.75. The first-order valence-corrected chi connectivity index (χ1v) is 5.95. The first-order chi connectivity index (χ1) is 9.47. The number of hydrogen-bond acceptors (Lipinski definition) is 4. The smallest absolute Gasteiger partial charge is 0.381 e. The molecule has 2 rings (SSSR count). The van der Waals surface area contributed by atoms with Crippen LogP contribution in [0.3, 0.4) is 0 Å². The van der Waals surface area contributed by atoms with Gasteiger partial charge in [0.15, 0.2) is 0 Å². The average Bonchev–Trinajstić information content (AvgIpc) is 2.87. The van der Waals surface area contributed by atoms with Gasteiger partial charge in [-0.25, -0.2) is 0 Å². The molecule has 0 amide bonds. The Balaban J connectivity index is 2.10. The van der Waals surface area contributed by atoms with Crippen LogP contribution in [0.25, 0.3) is 0 Å². The third-order valence-electron chi connectivity index (χ3n) is 3.02. The normalized spacial score (nSPS) is 12.1. The number of carboxylic acids is 1. The van der Waals surface area contributed by atoms with Crippen molar-refractivity contribution in [2.45, 2.75) is 19.4 Å². The SMILES string of the molecule is CC(C(=O)O)c1ccc(Cn2cnc([N+](=O)[O-])c2)cc1. The summed E-state index contributed by atoms with van der Waals surface area (Å²) in [6, 6.07) is 7.11. The van der Waals surface area contributed by atoms with Gasteiger partial charge in [0, 0.05) is 0 Å². The molecule has 1 aromatic heterocycles. The Bertz CT molecular complexity index is 633. The van der Waals surface area contributed by atoms with E-state index in [4.69, 9.17) is 5.11 Å². The number of nitrogens with zero attached hydrogens (tertiary/aromatic N) is 3. The number of aliphatic carboxylic acids is 1. The van der Waals surface area contributed by atoms with Crippen LogP contribution in [0.4, 0.5) is 5.82 Å². The molecule has 7 nitrogen and oxygen atoms in total. The van der Waals surface area contributed by atoms with Crippen LogP contribution in [-0.4, -0.2) is 25.6 Å². The standard InChI is InChI=1S/C13H13N3O4/c1-9(13(17)18)11-4-2-10(3-5-11)6-15-7-12(14-8-15)16(19)20/h2-5,7-9H,6H2,1H3,(H,17,18). The Morgan fingerprint density at radius 3 is 2.60 bits per heavy atom. The lowest BCUT2D eigenvalue weighted by atomic mass is 10.0. The predicted molar refractivity (Wildman–Crippen MR) is 70.5 cm³/mol. The highest BCUT2D eigenvalue weighted by Crippen LogP contribution is 2.17. The van der Waals surface area contributed by atoms with E-state index in [-0.39, 0.29) is 5.82 Å². The van der Waals surface area contributed by atoms with Gasteiger partial charge in [0.25, 0.3) is 0 Å². The maximum Gasteiger partial charge on any atom is 0.381 e. The fourth-order valence-corrected chi connectivity index (χ4v) is 1.79. The van der Waals surface area contributed by atoms with Crippen molar-refractivity contribution < 1.29 is 14.8 Å². The van der Waals surface area contributed by atoms with E-state index in [1.165, 1.54) is 12.5 Å². The first-order valence-electron chi connectivity index (χ1n) is 5.95. The summed E-state index contributed by atoms with van der Waals surface area (Å²) in [5.74, 6) is -1.62. The van der Waals surface area contributed by atoms with E-state index in [1.807, 2.05) is 0 Å². The summed E-state index contributed by atoms with van der Waals surface area (Å²) in [6.07, 6.45) is 2.75. The quantitative estimate of drug-likeness (QED) is 0.665. The Morgan fingerprint density at radius 2 is 2.10 bits per heavy atom. The molecule has 1 heterocycles. The van der Waals surface area contributed by atoms with Crippen LogP contribution >= 0.6 is 0 Å². The molecular formula is C13H13N3O4. The van der Waals surface area contributed by atoms with Gasteiger partial charge in [-0.3, -0.25) is 4.79 Å². The molecule has 0 bridgehead atoms. The molecule has 7 heteroatoms. The minimum Gasteiger partial charge on any atom is -0.481 e. The zero-order valence-electron chi connectivity index (χ0n) is 10.8. The number of imidazole rings is 1. The second kappa shape index (κ2) is 5.52. The lowest BCUT2D eigenvalue weighted by Crippen LogP contribution is -2.07. The molecule has 0 radical (unpaired) electrons. The minimum absolute atomic E-state index is 0.193. The van der Waals surface area contributed by atoms with Gasteiger partial charge in [0.1, 0.15) is 6.20 Å². The Morgan fingerprint density at radius 1 is 1.45 bits per heavy atom. The molecule has 1 aromatic carbocycles. The fraction of sp³-hybridized carbons (Fsp3) is 0.231. The molecule has 1 unspecified atom stereocenters. The van der Waals surface area contributed by atoms with E-state index in [1.54, 1.807) is 35.8 Å². The molecule has 0 saturated heterocycles. The molecule has 2 aromatic rings. The number of aromatic nitrogens is 2. The van der Waals surface area contributed by atoms with E-state index in [0.717, 1.165) is 11.1 Å². The van der Waals surface area contributed by atoms with Crippen molar-refractivity contribution in [3.05, 3.63) is 58.0 Å². The zero-order valence-corrected chi connectivity index (χ0v) is 10.8. The van der Waals surface area contributed by atoms with E-state index in [9.17, 15) is 14.9 Å². The van der Waals surface area contributed by atoms with E-state index >= 15 is 0 Å². The summed E-state index contributed by atoms with van der Waals surface area (Å²) in [5.41, 5.74) is 1.64. The van der Waals surface area contributed by atoms with Crippen LogP contribution in [0, 0.1) is 10.1 Å². The Labute approximate surface area is 114 Å². The first kappa shape index (κ1) is 13.7. The van der Waals surface area contributed by atoms with Crippen molar-refractivity contribution in [2.24, 2.45) is 0 Å². The second-order valence-corrected chi connectivity index (χ2v) is 4.46. The van der Waals surface area contributed by atoms with Gasteiger partial charge in [0.05, 0.1) is 12.5 Å². The van der Waals surface area contributed by atoms with Gasteiger partial charge >= 0.3 is 11.8 Å². The van der Waals surface area contributed by atoms with Crippen molar-refractivity contribution in [3.8, 4) is 0 Å². The molecule has 1 atom stereocenters. The van der Waals surface area contributed by atoms with Gasteiger partial charge in [-0.05, 0) is 28.0 Å². The lowest BCUT2D eigenvalue weighted by molar-refractivity contribution is -0.389. The van der Waals surface area contributed by atoms with Crippen molar-refractivity contribution in [2.75, 3.05) is 0 Å². The summed E-state index contributed by atoms with van der Waals surface area (Å²) in [6.45, 7) is 2.07. The van der Waals surface area contributed by atoms with Crippen LogP contribution in [-0.2, 0) is 11.3 Å². The summed E-state index contributed by atoms with van der Waals surface area (Å²) in [4.78, 5) is 24.5. The zero-order chi connectivity index (χ0) is 14.7. The molecule has 1 N–H and O–H groups in total. The van der Waals surface area contributed by atoms with E-state index in [2.05, 4.69) is 4.98 Å². The van der Waals surface area contributed by atoms with E-state index in [0.29, 0.717) is 6.54 Å². The monoisotopic (exact) mass is 275 g/mol. The largest absolute Gasteiger partial charge is 0.481 e. The topological polar surface area (TPSA) is 98.3 Å². The summed E-state index contributed by atoms with van der Waals surface area (Å²) < 4.78 is 1.60. The van der Waals surface area contributed by atoms with Crippen LogP contribution in [0.5, 0.6) is 0 Å². The molecule has 0 fully saturated rings. The summed E-state index contributed by atoms with van der Waals surface area (Å²) in [7, 11) is 0. The molecule has 0 aliphatic carbocycles. The Hall–Kier alpha value is -2.70. The summed E-state index contributed by atoms with van der Waals surface area (Å²) >= 11 is 0. The molecular weight excluding hydrogens is 262 g/mol. The molecule has 0 saturated carbocycles. The predicted octanol–water partition coefficient (Wildman–Crippen LogP) is 2.03. The van der Waals surface area contributed by atoms with Crippen LogP contribution in [0.15, 0.2) is 36.8 Å². The van der Waals surface area contributed by atoms with Gasteiger partial charge in [-0.1, -0.05) is 24.3 Å². The third-order valence-corrected chi connectivity index (χ3v) is 3.02. The van der Waals surface area contributed by atoms with E-state index < -0.39 is 16.8 Å². The number of rotatable bonds is 5. The van der Waals surface area contributed by atoms with Crippen molar-refractivity contribution in [1.29, 1.82) is 0 Å². The van der Waals surface area contributed by atoms with Gasteiger partial charge in [0.2, 0.25) is 6.33 Å². The summed E-state index contributed by atoms with van der Waals surface area (Å²) in [5, 5.41) is 19.4. The minimum atomic E-state index is -0.872. The molecule has 0 aliphatic rings. The number of carbonyl (C=O) groups is 1. The third kappa shape index (κ3) is 3.00. The van der Waals surface area contributed by atoms with Gasteiger partial charge in [-0.15, -0.1) is 0 Å². The maximum absolute atomic E-state index is 10.9. The highest BCUT2D eigenvalue weighted by Gasteiger charge is 2.13. The molecule has 20 heavy (non-hydrogen) atoms. The number of hydrogen-bond donors (Lipinski definition) is 1. The second-order valence-electron chi connectivity index (χ2n) is 4.46. The molecule has 0 aliphatic heterocycles. The average molecular weight is 275 g/mol. The van der Waals surface area contributed by atoms with Crippen LogP contribution < -0.4 is 0 Å².